The largest absolute Gasteiger partial charge is 0.468 e. The lowest BCUT2D eigenvalue weighted by molar-refractivity contribution is -0.148. The van der Waals surface area contributed by atoms with Gasteiger partial charge in [0.25, 0.3) is 0 Å². The van der Waals surface area contributed by atoms with Crippen LogP contribution in [0.3, 0.4) is 0 Å². The highest BCUT2D eigenvalue weighted by atomic mass is 32.2. The molecule has 0 heterocycles. The van der Waals surface area contributed by atoms with Crippen LogP contribution in [0.4, 0.5) is 0 Å². The number of hydrogen-bond acceptors (Lipinski definition) is 4. The molecule has 3 nitrogen and oxygen atoms in total. The van der Waals surface area contributed by atoms with E-state index in [9.17, 15) is 4.79 Å². The van der Waals surface area contributed by atoms with Crippen LogP contribution < -0.4 is 5.32 Å². The second kappa shape index (κ2) is 8.32. The molecule has 20 heavy (non-hydrogen) atoms. The van der Waals surface area contributed by atoms with Crippen molar-refractivity contribution in [2.24, 2.45) is 0 Å². The lowest BCUT2D eigenvalue weighted by Crippen LogP contribution is -2.51. The Morgan fingerprint density at radius 2 is 2.05 bits per heavy atom. The molecular formula is C16H25NO2S. The minimum Gasteiger partial charge on any atom is -0.468 e. The maximum absolute atomic E-state index is 11.9. The molecule has 4 heteroatoms. The Bertz CT molecular complexity index is 410. The first-order chi connectivity index (χ1) is 9.51. The van der Waals surface area contributed by atoms with E-state index in [2.05, 4.69) is 36.5 Å². The molecule has 0 aliphatic carbocycles. The lowest BCUT2D eigenvalue weighted by Gasteiger charge is -2.30. The van der Waals surface area contributed by atoms with Crippen LogP contribution in [-0.4, -0.2) is 30.4 Å². The lowest BCUT2D eigenvalue weighted by atomic mass is 9.96. The van der Waals surface area contributed by atoms with Crippen molar-refractivity contribution in [2.45, 2.75) is 43.7 Å². The van der Waals surface area contributed by atoms with Crippen molar-refractivity contribution in [1.82, 2.24) is 5.32 Å². The number of thioether (sulfide) groups is 1. The number of nitrogens with one attached hydrogen (secondary N) is 1. The van der Waals surface area contributed by atoms with Gasteiger partial charge in [0.15, 0.2) is 0 Å². The summed E-state index contributed by atoms with van der Waals surface area (Å²) in [6.45, 7) is 6.83. The molecule has 0 aromatic heterocycles. The molecule has 0 radical (unpaired) electrons. The summed E-state index contributed by atoms with van der Waals surface area (Å²) >= 11 is 1.86. The predicted molar refractivity (Wildman–Crippen MR) is 85.9 cm³/mol. The summed E-state index contributed by atoms with van der Waals surface area (Å²) in [6, 6.07) is 10.4. The molecule has 112 valence electrons. The van der Waals surface area contributed by atoms with E-state index in [4.69, 9.17) is 4.74 Å². The second-order valence-electron chi connectivity index (χ2n) is 5.17. The number of carbonyl (C=O) groups is 1. The molecule has 0 aliphatic rings. The average molecular weight is 295 g/mol. The van der Waals surface area contributed by atoms with E-state index in [-0.39, 0.29) is 5.97 Å². The predicted octanol–water partition coefficient (Wildman–Crippen LogP) is 3.24. The van der Waals surface area contributed by atoms with Crippen LogP contribution in [0.5, 0.6) is 0 Å². The highest BCUT2D eigenvalue weighted by Gasteiger charge is 2.34. The van der Waals surface area contributed by atoms with Crippen molar-refractivity contribution in [3.05, 3.63) is 35.9 Å². The van der Waals surface area contributed by atoms with Gasteiger partial charge in [-0.1, -0.05) is 44.2 Å². The molecule has 1 rings (SSSR count). The van der Waals surface area contributed by atoms with Crippen LogP contribution >= 0.6 is 11.8 Å². The van der Waals surface area contributed by atoms with Crippen molar-refractivity contribution in [3.8, 4) is 0 Å². The van der Waals surface area contributed by atoms with Gasteiger partial charge in [0.1, 0.15) is 5.54 Å². The summed E-state index contributed by atoms with van der Waals surface area (Å²) in [7, 11) is 1.44. The summed E-state index contributed by atoms with van der Waals surface area (Å²) in [6.07, 6.45) is 0.755. The third-order valence-electron chi connectivity index (χ3n) is 3.28. The number of rotatable bonds is 8. The maximum Gasteiger partial charge on any atom is 0.325 e. The Morgan fingerprint density at radius 3 is 2.60 bits per heavy atom. The smallest absolute Gasteiger partial charge is 0.325 e. The maximum atomic E-state index is 11.9. The van der Waals surface area contributed by atoms with E-state index in [1.807, 2.05) is 31.7 Å². The highest BCUT2D eigenvalue weighted by molar-refractivity contribution is 7.99. The number of carbonyl (C=O) groups excluding carboxylic acids is 1. The molecule has 1 N–H and O–H groups in total. The normalized spacial score (nSPS) is 15.4. The monoisotopic (exact) mass is 295 g/mol. The quantitative estimate of drug-likeness (QED) is 0.747. The topological polar surface area (TPSA) is 38.3 Å². The van der Waals surface area contributed by atoms with Crippen molar-refractivity contribution >= 4 is 17.7 Å². The summed E-state index contributed by atoms with van der Waals surface area (Å²) in [5.41, 5.74) is 0.708. The van der Waals surface area contributed by atoms with Gasteiger partial charge in [-0.15, -0.1) is 0 Å². The highest BCUT2D eigenvalue weighted by Crippen LogP contribution is 2.25. The number of likely N-dealkylation sites (N-methyl/N-ethyl adjacent to an activating group) is 1. The fourth-order valence-corrected chi connectivity index (χ4v) is 3.41. The molecule has 1 aromatic rings. The summed E-state index contributed by atoms with van der Waals surface area (Å²) in [5.74, 6) is 0.775. The molecule has 0 spiro atoms. The zero-order valence-electron chi connectivity index (χ0n) is 12.8. The van der Waals surface area contributed by atoms with Crippen LogP contribution in [0, 0.1) is 0 Å². The Hall–Kier alpha value is -1.00. The SMILES string of the molecule is CCNC(C)(CC(C)SCc1ccccc1)C(=O)OC. The van der Waals surface area contributed by atoms with Gasteiger partial charge in [-0.3, -0.25) is 4.79 Å². The summed E-state index contributed by atoms with van der Waals surface area (Å²) in [5, 5.41) is 3.62. The fourth-order valence-electron chi connectivity index (χ4n) is 2.29. The van der Waals surface area contributed by atoms with Gasteiger partial charge in [0.2, 0.25) is 0 Å². The molecule has 1 aromatic carbocycles. The van der Waals surface area contributed by atoms with E-state index < -0.39 is 5.54 Å². The molecule has 2 unspecified atom stereocenters. The molecule has 0 fully saturated rings. The molecule has 2 atom stereocenters. The van der Waals surface area contributed by atoms with Crippen molar-refractivity contribution < 1.29 is 9.53 Å². The molecule has 0 amide bonds. The third kappa shape index (κ3) is 5.17. The number of hydrogen-bond donors (Lipinski definition) is 1. The van der Waals surface area contributed by atoms with E-state index in [0.29, 0.717) is 5.25 Å². The molecule has 0 saturated carbocycles. The Balaban J connectivity index is 2.54. The molecule has 0 saturated heterocycles. The average Bonchev–Trinajstić information content (AvgIpc) is 2.45. The summed E-state index contributed by atoms with van der Waals surface area (Å²) < 4.78 is 4.92. The summed E-state index contributed by atoms with van der Waals surface area (Å²) in [4.78, 5) is 11.9. The fraction of sp³-hybridized carbons (Fsp3) is 0.562. The van der Waals surface area contributed by atoms with Crippen molar-refractivity contribution in [2.75, 3.05) is 13.7 Å². The van der Waals surface area contributed by atoms with E-state index in [0.717, 1.165) is 18.7 Å². The molecular weight excluding hydrogens is 270 g/mol. The zero-order valence-corrected chi connectivity index (χ0v) is 13.6. The van der Waals surface area contributed by atoms with Gasteiger partial charge < -0.3 is 10.1 Å². The standard InChI is InChI=1S/C16H25NO2S/c1-5-17-16(3,15(18)19-4)11-13(2)20-12-14-9-7-6-8-10-14/h6-10,13,17H,5,11-12H2,1-4H3. The third-order valence-corrected chi connectivity index (χ3v) is 4.51. The number of ether oxygens (including phenoxy) is 1. The minimum absolute atomic E-state index is 0.188. The van der Waals surface area contributed by atoms with Gasteiger partial charge in [-0.25, -0.2) is 0 Å². The van der Waals surface area contributed by atoms with E-state index >= 15 is 0 Å². The number of methoxy groups -OCH3 is 1. The van der Waals surface area contributed by atoms with Gasteiger partial charge >= 0.3 is 5.97 Å². The van der Waals surface area contributed by atoms with Gasteiger partial charge in [0, 0.05) is 11.0 Å². The van der Waals surface area contributed by atoms with Crippen molar-refractivity contribution in [3.63, 3.8) is 0 Å². The van der Waals surface area contributed by atoms with Crippen LogP contribution in [0.1, 0.15) is 32.8 Å². The van der Waals surface area contributed by atoms with Crippen LogP contribution in [0.15, 0.2) is 30.3 Å². The zero-order chi connectivity index (χ0) is 15.0. The van der Waals surface area contributed by atoms with E-state index in [1.165, 1.54) is 12.7 Å². The number of esters is 1. The van der Waals surface area contributed by atoms with Crippen LogP contribution in [0.25, 0.3) is 0 Å². The first kappa shape index (κ1) is 17.1. The Morgan fingerprint density at radius 1 is 1.40 bits per heavy atom. The number of benzene rings is 1. The van der Waals surface area contributed by atoms with Crippen LogP contribution in [-0.2, 0) is 15.3 Å². The molecule has 0 bridgehead atoms. The van der Waals surface area contributed by atoms with Crippen LogP contribution in [0.2, 0.25) is 0 Å². The van der Waals surface area contributed by atoms with E-state index in [1.54, 1.807) is 0 Å². The Kier molecular flexibility index (Phi) is 7.10. The minimum atomic E-state index is -0.605. The first-order valence-electron chi connectivity index (χ1n) is 7.00. The van der Waals surface area contributed by atoms with Gasteiger partial charge in [0.05, 0.1) is 7.11 Å². The second-order valence-corrected chi connectivity index (χ2v) is 6.59. The molecule has 0 aliphatic heterocycles. The van der Waals surface area contributed by atoms with Gasteiger partial charge in [-0.05, 0) is 25.5 Å². The first-order valence-corrected chi connectivity index (χ1v) is 8.05. The van der Waals surface area contributed by atoms with Gasteiger partial charge in [-0.2, -0.15) is 11.8 Å². The Labute approximate surface area is 126 Å². The van der Waals surface area contributed by atoms with Crippen molar-refractivity contribution in [1.29, 1.82) is 0 Å².